The molecular weight excluding hydrogens is 250 g/mol. The van der Waals surface area contributed by atoms with Crippen LogP contribution < -0.4 is 0 Å². The predicted molar refractivity (Wildman–Crippen MR) is 70.0 cm³/mol. The minimum Gasteiger partial charge on any atom is -0.378 e. The first-order valence-corrected chi connectivity index (χ1v) is 7.46. The lowest BCUT2D eigenvalue weighted by molar-refractivity contribution is -0.00772. The van der Waals surface area contributed by atoms with Crippen LogP contribution in [-0.4, -0.2) is 38.0 Å². The first-order chi connectivity index (χ1) is 8.36. The summed E-state index contributed by atoms with van der Waals surface area (Å²) in [5.74, 6) is 0. The van der Waals surface area contributed by atoms with Crippen LogP contribution in [-0.2, 0) is 14.8 Å². The molecule has 1 fully saturated rings. The zero-order valence-electron chi connectivity index (χ0n) is 11.0. The van der Waals surface area contributed by atoms with E-state index in [4.69, 9.17) is 4.74 Å². The van der Waals surface area contributed by atoms with Gasteiger partial charge in [0.25, 0.3) is 0 Å². The third-order valence-electron chi connectivity index (χ3n) is 3.23. The number of morpholine rings is 1. The molecule has 1 aliphatic heterocycles. The zero-order chi connectivity index (χ0) is 13.4. The van der Waals surface area contributed by atoms with E-state index >= 15 is 0 Å². The summed E-state index contributed by atoms with van der Waals surface area (Å²) in [6.45, 7) is 6.89. The summed E-state index contributed by atoms with van der Waals surface area (Å²) in [6, 6.07) is 7.09. The number of hydrogen-bond donors (Lipinski definition) is 0. The van der Waals surface area contributed by atoms with Gasteiger partial charge in [-0.3, -0.25) is 0 Å². The van der Waals surface area contributed by atoms with Gasteiger partial charge < -0.3 is 4.74 Å². The number of hydrogen-bond acceptors (Lipinski definition) is 3. The fourth-order valence-corrected chi connectivity index (χ4v) is 4.24. The van der Waals surface area contributed by atoms with Crippen molar-refractivity contribution in [2.75, 3.05) is 19.8 Å². The molecule has 4 nitrogen and oxygen atoms in total. The molecule has 0 spiro atoms. The predicted octanol–water partition coefficient (Wildman–Crippen LogP) is 1.79. The van der Waals surface area contributed by atoms with Gasteiger partial charge in [-0.25, -0.2) is 8.42 Å². The van der Waals surface area contributed by atoms with Gasteiger partial charge in [0.15, 0.2) is 0 Å². The Hall–Kier alpha value is -0.910. The van der Waals surface area contributed by atoms with Gasteiger partial charge in [-0.15, -0.1) is 0 Å². The van der Waals surface area contributed by atoms with Gasteiger partial charge in [0.05, 0.1) is 23.6 Å². The molecule has 0 bridgehead atoms. The van der Waals surface area contributed by atoms with Gasteiger partial charge in [0.1, 0.15) is 0 Å². The lowest BCUT2D eigenvalue weighted by atomic mass is 10.1. The second kappa shape index (κ2) is 4.64. The molecule has 0 aliphatic carbocycles. The Kier molecular flexibility index (Phi) is 3.49. The average molecular weight is 269 g/mol. The van der Waals surface area contributed by atoms with Gasteiger partial charge in [-0.05, 0) is 32.4 Å². The number of aryl methyl sites for hydroxylation is 1. The van der Waals surface area contributed by atoms with Gasteiger partial charge in [-0.1, -0.05) is 18.2 Å². The van der Waals surface area contributed by atoms with Crippen molar-refractivity contribution in [3.8, 4) is 0 Å². The lowest BCUT2D eigenvalue weighted by Crippen LogP contribution is -2.55. The maximum absolute atomic E-state index is 12.7. The summed E-state index contributed by atoms with van der Waals surface area (Å²) in [7, 11) is -3.45. The van der Waals surface area contributed by atoms with Gasteiger partial charge in [-0.2, -0.15) is 4.31 Å². The summed E-state index contributed by atoms with van der Waals surface area (Å²) < 4.78 is 32.3. The highest BCUT2D eigenvalue weighted by Crippen LogP contribution is 2.28. The molecule has 5 heteroatoms. The molecule has 1 aromatic rings. The van der Waals surface area contributed by atoms with Crippen LogP contribution >= 0.6 is 0 Å². The van der Waals surface area contributed by atoms with E-state index in [9.17, 15) is 8.42 Å². The largest absolute Gasteiger partial charge is 0.378 e. The van der Waals surface area contributed by atoms with Crippen molar-refractivity contribution >= 4 is 10.0 Å². The van der Waals surface area contributed by atoms with Crippen molar-refractivity contribution in [2.45, 2.75) is 31.2 Å². The summed E-state index contributed by atoms with van der Waals surface area (Å²) in [5, 5.41) is 0. The molecule has 1 aromatic carbocycles. The van der Waals surface area contributed by atoms with E-state index in [2.05, 4.69) is 0 Å². The second-order valence-electron chi connectivity index (χ2n) is 5.21. The van der Waals surface area contributed by atoms with Crippen LogP contribution in [0.2, 0.25) is 0 Å². The van der Waals surface area contributed by atoms with Crippen molar-refractivity contribution < 1.29 is 13.2 Å². The van der Waals surface area contributed by atoms with E-state index in [0.717, 1.165) is 5.56 Å². The maximum Gasteiger partial charge on any atom is 0.243 e. The molecule has 0 unspecified atom stereocenters. The van der Waals surface area contributed by atoms with E-state index in [1.165, 1.54) is 0 Å². The summed E-state index contributed by atoms with van der Waals surface area (Å²) in [4.78, 5) is 0.389. The molecule has 1 saturated heterocycles. The highest BCUT2D eigenvalue weighted by Gasteiger charge is 2.40. The molecule has 0 amide bonds. The minimum absolute atomic E-state index is 0.389. The molecule has 0 atom stereocenters. The number of sulfonamides is 1. The molecule has 2 rings (SSSR count). The fourth-order valence-electron chi connectivity index (χ4n) is 2.25. The first kappa shape index (κ1) is 13.5. The summed E-state index contributed by atoms with van der Waals surface area (Å²) in [6.07, 6.45) is 0. The standard InChI is InChI=1S/C13H19NO3S/c1-11-6-4-5-7-12(11)18(15,16)14-8-9-17-10-13(14,2)3/h4-7H,8-10H2,1-3H3. The summed E-state index contributed by atoms with van der Waals surface area (Å²) >= 11 is 0. The number of ether oxygens (including phenoxy) is 1. The molecule has 0 N–H and O–H groups in total. The molecule has 0 radical (unpaired) electrons. The smallest absolute Gasteiger partial charge is 0.243 e. The number of nitrogens with zero attached hydrogens (tertiary/aromatic N) is 1. The Morgan fingerprint density at radius 2 is 1.94 bits per heavy atom. The van der Waals surface area contributed by atoms with E-state index < -0.39 is 15.6 Å². The molecule has 0 saturated carbocycles. The van der Waals surface area contributed by atoms with E-state index in [1.807, 2.05) is 32.9 Å². The van der Waals surface area contributed by atoms with Crippen LogP contribution in [0.3, 0.4) is 0 Å². The third-order valence-corrected chi connectivity index (χ3v) is 5.50. The fraction of sp³-hybridized carbons (Fsp3) is 0.538. The minimum atomic E-state index is -3.45. The quantitative estimate of drug-likeness (QED) is 0.822. The first-order valence-electron chi connectivity index (χ1n) is 6.02. The van der Waals surface area contributed by atoms with Crippen LogP contribution in [0, 0.1) is 6.92 Å². The summed E-state index contributed by atoms with van der Waals surface area (Å²) in [5.41, 5.74) is 0.277. The van der Waals surface area contributed by atoms with Crippen LogP contribution in [0.25, 0.3) is 0 Å². The monoisotopic (exact) mass is 269 g/mol. The molecular formula is C13H19NO3S. The average Bonchev–Trinajstić information content (AvgIpc) is 2.28. The number of rotatable bonds is 2. The van der Waals surface area contributed by atoms with Crippen LogP contribution in [0.4, 0.5) is 0 Å². The van der Waals surface area contributed by atoms with E-state index in [1.54, 1.807) is 16.4 Å². The Morgan fingerprint density at radius 1 is 1.28 bits per heavy atom. The molecule has 18 heavy (non-hydrogen) atoms. The Bertz CT molecular complexity index is 537. The van der Waals surface area contributed by atoms with Crippen molar-refractivity contribution in [2.24, 2.45) is 0 Å². The van der Waals surface area contributed by atoms with Crippen molar-refractivity contribution in [3.63, 3.8) is 0 Å². The van der Waals surface area contributed by atoms with Gasteiger partial charge >= 0.3 is 0 Å². The Morgan fingerprint density at radius 3 is 2.56 bits per heavy atom. The molecule has 1 aliphatic rings. The zero-order valence-corrected chi connectivity index (χ0v) is 11.8. The highest BCUT2D eigenvalue weighted by atomic mass is 32.2. The SMILES string of the molecule is Cc1ccccc1S(=O)(=O)N1CCOCC1(C)C. The molecule has 100 valence electrons. The van der Waals surface area contributed by atoms with E-state index in [0.29, 0.717) is 24.7 Å². The van der Waals surface area contributed by atoms with Crippen LogP contribution in [0.1, 0.15) is 19.4 Å². The normalized spacial score (nSPS) is 20.8. The Balaban J connectivity index is 2.46. The number of benzene rings is 1. The Labute approximate surface area is 109 Å². The van der Waals surface area contributed by atoms with Gasteiger partial charge in [0, 0.05) is 6.54 Å². The van der Waals surface area contributed by atoms with Crippen molar-refractivity contribution in [1.29, 1.82) is 0 Å². The van der Waals surface area contributed by atoms with Crippen LogP contribution in [0.15, 0.2) is 29.2 Å². The molecule has 1 heterocycles. The highest BCUT2D eigenvalue weighted by molar-refractivity contribution is 7.89. The van der Waals surface area contributed by atoms with E-state index in [-0.39, 0.29) is 0 Å². The second-order valence-corrected chi connectivity index (χ2v) is 7.04. The lowest BCUT2D eigenvalue weighted by Gasteiger charge is -2.40. The third kappa shape index (κ3) is 2.30. The van der Waals surface area contributed by atoms with Crippen molar-refractivity contribution in [3.05, 3.63) is 29.8 Å². The maximum atomic E-state index is 12.7. The molecule has 0 aromatic heterocycles. The van der Waals surface area contributed by atoms with Crippen molar-refractivity contribution in [1.82, 2.24) is 4.31 Å². The van der Waals surface area contributed by atoms with Crippen LogP contribution in [0.5, 0.6) is 0 Å². The topological polar surface area (TPSA) is 46.6 Å². The van der Waals surface area contributed by atoms with Gasteiger partial charge in [0.2, 0.25) is 10.0 Å².